The van der Waals surface area contributed by atoms with Crippen molar-refractivity contribution in [3.8, 4) is 5.75 Å². The van der Waals surface area contributed by atoms with E-state index in [2.05, 4.69) is 36.0 Å². The molecular weight excluding hydrogens is 408 g/mol. The summed E-state index contributed by atoms with van der Waals surface area (Å²) in [6.45, 7) is 8.71. The van der Waals surface area contributed by atoms with Crippen LogP contribution in [0.2, 0.25) is 0 Å². The van der Waals surface area contributed by atoms with E-state index in [1.54, 1.807) is 0 Å². The normalized spacial score (nSPS) is 15.2. The summed E-state index contributed by atoms with van der Waals surface area (Å²) >= 11 is 0. The van der Waals surface area contributed by atoms with E-state index < -0.39 is 0 Å². The average Bonchev–Trinajstić information content (AvgIpc) is 3.28. The fourth-order valence-electron chi connectivity index (χ4n) is 4.88. The fourth-order valence-corrected chi connectivity index (χ4v) is 4.88. The summed E-state index contributed by atoms with van der Waals surface area (Å²) < 4.78 is 5.73. The van der Waals surface area contributed by atoms with E-state index in [-0.39, 0.29) is 5.78 Å². The van der Waals surface area contributed by atoms with Crippen molar-refractivity contribution in [1.82, 2.24) is 9.88 Å². The molecule has 0 spiro atoms. The van der Waals surface area contributed by atoms with Crippen LogP contribution in [0.25, 0.3) is 10.9 Å². The number of H-pyrrole nitrogens is 1. The van der Waals surface area contributed by atoms with Crippen molar-refractivity contribution in [1.29, 1.82) is 0 Å². The first-order valence-corrected chi connectivity index (χ1v) is 12.8. The lowest BCUT2D eigenvalue weighted by Crippen LogP contribution is -2.33. The smallest absolute Gasteiger partial charge is 0.193 e. The Balaban J connectivity index is 1.44. The van der Waals surface area contributed by atoms with Crippen LogP contribution in [0.5, 0.6) is 5.75 Å². The molecule has 0 aliphatic carbocycles. The molecule has 0 amide bonds. The molecule has 2 heterocycles. The third-order valence-corrected chi connectivity index (χ3v) is 6.96. The quantitative estimate of drug-likeness (QED) is 0.256. The number of ketones is 1. The van der Waals surface area contributed by atoms with Crippen molar-refractivity contribution >= 4 is 16.7 Å². The van der Waals surface area contributed by atoms with Gasteiger partial charge in [0, 0.05) is 28.2 Å². The number of aromatic amines is 1. The Kier molecular flexibility index (Phi) is 8.22. The molecule has 1 N–H and O–H groups in total. The first kappa shape index (κ1) is 23.6. The largest absolute Gasteiger partial charge is 0.494 e. The lowest BCUT2D eigenvalue weighted by Gasteiger charge is -2.32. The molecule has 3 aromatic rings. The summed E-state index contributed by atoms with van der Waals surface area (Å²) in [5.74, 6) is 1.45. The number of aromatic nitrogens is 1. The highest BCUT2D eigenvalue weighted by Gasteiger charge is 2.23. The van der Waals surface area contributed by atoms with Gasteiger partial charge in [0.25, 0.3) is 0 Å². The zero-order valence-electron chi connectivity index (χ0n) is 20.2. The number of likely N-dealkylation sites (tertiary alicyclic amines) is 1. The van der Waals surface area contributed by atoms with Crippen LogP contribution in [-0.4, -0.2) is 41.9 Å². The van der Waals surface area contributed by atoms with Gasteiger partial charge in [0.2, 0.25) is 0 Å². The van der Waals surface area contributed by atoms with Crippen LogP contribution in [0, 0.1) is 0 Å². The molecule has 4 heteroatoms. The van der Waals surface area contributed by atoms with Crippen LogP contribution < -0.4 is 4.74 Å². The Morgan fingerprint density at radius 1 is 0.970 bits per heavy atom. The van der Waals surface area contributed by atoms with Crippen molar-refractivity contribution in [3.63, 3.8) is 0 Å². The summed E-state index contributed by atoms with van der Waals surface area (Å²) in [5.41, 5.74) is 3.94. The number of benzene rings is 2. The van der Waals surface area contributed by atoms with Gasteiger partial charge < -0.3 is 14.6 Å². The molecule has 176 valence electrons. The second-order valence-electron chi connectivity index (χ2n) is 9.38. The van der Waals surface area contributed by atoms with Crippen molar-refractivity contribution in [2.75, 3.05) is 26.2 Å². The molecule has 4 rings (SSSR count). The molecule has 0 bridgehead atoms. The van der Waals surface area contributed by atoms with E-state index in [0.29, 0.717) is 18.1 Å². The standard InChI is InChI=1S/C29H38N2O2/c1-3-5-7-16-31-17-14-22(15-18-31)27-21-30-28-13-10-24(20-26(27)28)29(32)23-8-11-25(12-9-23)33-19-6-4-2/h8-13,20-22,30H,3-7,14-19H2,1-2H3. The molecule has 4 nitrogen and oxygen atoms in total. The summed E-state index contributed by atoms with van der Waals surface area (Å²) in [6, 6.07) is 13.6. The molecular formula is C29H38N2O2. The lowest BCUT2D eigenvalue weighted by molar-refractivity contribution is 0.103. The van der Waals surface area contributed by atoms with Gasteiger partial charge in [0.1, 0.15) is 5.75 Å². The number of carbonyl (C=O) groups is 1. The molecule has 1 aromatic heterocycles. The number of fused-ring (bicyclic) bond motifs is 1. The molecule has 1 saturated heterocycles. The predicted molar refractivity (Wildman–Crippen MR) is 137 cm³/mol. The minimum Gasteiger partial charge on any atom is -0.494 e. The summed E-state index contributed by atoms with van der Waals surface area (Å²) in [4.78, 5) is 19.2. The highest BCUT2D eigenvalue weighted by Crippen LogP contribution is 2.34. The number of ether oxygens (including phenoxy) is 1. The summed E-state index contributed by atoms with van der Waals surface area (Å²) in [5, 5.41) is 1.20. The number of unbranched alkanes of at least 4 members (excludes halogenated alkanes) is 3. The molecule has 33 heavy (non-hydrogen) atoms. The Bertz CT molecular complexity index is 1030. The molecule has 0 saturated carbocycles. The van der Waals surface area contributed by atoms with E-state index in [1.807, 2.05) is 36.4 Å². The average molecular weight is 447 g/mol. The second kappa shape index (κ2) is 11.5. The van der Waals surface area contributed by atoms with E-state index >= 15 is 0 Å². The van der Waals surface area contributed by atoms with E-state index in [1.165, 1.54) is 62.7 Å². The minimum atomic E-state index is 0.0647. The number of hydrogen-bond acceptors (Lipinski definition) is 3. The molecule has 1 aliphatic heterocycles. The van der Waals surface area contributed by atoms with Gasteiger partial charge in [0.15, 0.2) is 5.78 Å². The number of nitrogens with one attached hydrogen (secondary N) is 1. The van der Waals surface area contributed by atoms with Gasteiger partial charge in [-0.15, -0.1) is 0 Å². The van der Waals surface area contributed by atoms with Crippen molar-refractivity contribution in [2.24, 2.45) is 0 Å². The molecule has 1 fully saturated rings. The Morgan fingerprint density at radius 2 is 1.70 bits per heavy atom. The van der Waals surface area contributed by atoms with Gasteiger partial charge in [-0.1, -0.05) is 33.1 Å². The molecule has 1 aliphatic rings. The monoisotopic (exact) mass is 446 g/mol. The number of hydrogen-bond donors (Lipinski definition) is 1. The number of carbonyl (C=O) groups excluding carboxylic acids is 1. The maximum absolute atomic E-state index is 13.2. The van der Waals surface area contributed by atoms with Gasteiger partial charge in [0.05, 0.1) is 6.61 Å². The fraction of sp³-hybridized carbons (Fsp3) is 0.483. The summed E-state index contributed by atoms with van der Waals surface area (Å²) in [7, 11) is 0. The minimum absolute atomic E-state index is 0.0647. The number of nitrogens with zero attached hydrogens (tertiary/aromatic N) is 1. The third kappa shape index (κ3) is 5.86. The van der Waals surface area contributed by atoms with Crippen LogP contribution in [0.3, 0.4) is 0 Å². The van der Waals surface area contributed by atoms with Crippen LogP contribution in [0.4, 0.5) is 0 Å². The highest BCUT2D eigenvalue weighted by atomic mass is 16.5. The Hall–Kier alpha value is -2.59. The topological polar surface area (TPSA) is 45.3 Å². The zero-order chi connectivity index (χ0) is 23.0. The van der Waals surface area contributed by atoms with E-state index in [9.17, 15) is 4.79 Å². The van der Waals surface area contributed by atoms with E-state index in [0.717, 1.165) is 29.7 Å². The maximum Gasteiger partial charge on any atom is 0.193 e. The molecule has 0 atom stereocenters. The van der Waals surface area contributed by atoms with Gasteiger partial charge in [-0.3, -0.25) is 4.79 Å². The Labute approximate surface area is 198 Å². The van der Waals surface area contributed by atoms with Gasteiger partial charge in [-0.25, -0.2) is 0 Å². The van der Waals surface area contributed by atoms with Crippen LogP contribution in [-0.2, 0) is 0 Å². The van der Waals surface area contributed by atoms with Crippen LogP contribution in [0.15, 0.2) is 48.7 Å². The van der Waals surface area contributed by atoms with Crippen molar-refractivity contribution in [3.05, 3.63) is 65.4 Å². The first-order chi connectivity index (χ1) is 16.2. The van der Waals surface area contributed by atoms with Crippen LogP contribution in [0.1, 0.15) is 86.2 Å². The lowest BCUT2D eigenvalue weighted by atomic mass is 9.88. The first-order valence-electron chi connectivity index (χ1n) is 12.8. The van der Waals surface area contributed by atoms with Crippen LogP contribution >= 0.6 is 0 Å². The second-order valence-corrected chi connectivity index (χ2v) is 9.38. The summed E-state index contributed by atoms with van der Waals surface area (Å²) in [6.07, 6.45) is 10.6. The molecule has 0 radical (unpaired) electrons. The van der Waals surface area contributed by atoms with Crippen molar-refractivity contribution in [2.45, 2.75) is 64.7 Å². The molecule has 2 aromatic carbocycles. The third-order valence-electron chi connectivity index (χ3n) is 6.96. The Morgan fingerprint density at radius 3 is 2.42 bits per heavy atom. The SMILES string of the molecule is CCCCCN1CCC(c2c[nH]c3ccc(C(=O)c4ccc(OCCCC)cc4)cc23)CC1. The predicted octanol–water partition coefficient (Wildman–Crippen LogP) is 6.95. The van der Waals surface area contributed by atoms with Gasteiger partial charge >= 0.3 is 0 Å². The van der Waals surface area contributed by atoms with Gasteiger partial charge in [-0.05, 0) is 99.3 Å². The van der Waals surface area contributed by atoms with Gasteiger partial charge in [-0.2, -0.15) is 0 Å². The zero-order valence-corrected chi connectivity index (χ0v) is 20.2. The number of rotatable bonds is 11. The maximum atomic E-state index is 13.2. The van der Waals surface area contributed by atoms with E-state index in [4.69, 9.17) is 4.74 Å². The highest BCUT2D eigenvalue weighted by molar-refractivity contribution is 6.10. The molecule has 0 unspecified atom stereocenters. The van der Waals surface area contributed by atoms with Crippen molar-refractivity contribution < 1.29 is 9.53 Å². The number of piperidine rings is 1.